The van der Waals surface area contributed by atoms with E-state index in [1.807, 2.05) is 24.3 Å². The van der Waals surface area contributed by atoms with Gasteiger partial charge in [-0.1, -0.05) is 0 Å². The molecule has 0 amide bonds. The summed E-state index contributed by atoms with van der Waals surface area (Å²) in [6.07, 6.45) is 0. The Bertz CT molecular complexity index is 274. The molecule has 0 saturated heterocycles. The van der Waals surface area contributed by atoms with Crippen LogP contribution < -0.4 is 0 Å². The normalized spacial score (nSPS) is 12.6. The van der Waals surface area contributed by atoms with Crippen molar-refractivity contribution in [3.05, 3.63) is 35.4 Å². The summed E-state index contributed by atoms with van der Waals surface area (Å²) in [6, 6.07) is 7.84. The van der Waals surface area contributed by atoms with Crippen LogP contribution in [0.15, 0.2) is 24.3 Å². The molecule has 0 aliphatic heterocycles. The summed E-state index contributed by atoms with van der Waals surface area (Å²) in [6.45, 7) is 3.75. The monoisotopic (exact) mass is 278 g/mol. The van der Waals surface area contributed by atoms with Crippen molar-refractivity contribution in [1.29, 1.82) is 0 Å². The van der Waals surface area contributed by atoms with Gasteiger partial charge in [-0.25, -0.2) is 0 Å². The van der Waals surface area contributed by atoms with E-state index in [-0.39, 0.29) is 5.78 Å². The van der Waals surface area contributed by atoms with Crippen LogP contribution in [0.3, 0.4) is 0 Å². The Morgan fingerprint density at radius 3 is 2.17 bits per heavy atom. The Balaban J connectivity index is 2.93. The number of benzene rings is 1. The fourth-order valence-electron chi connectivity index (χ4n) is 0.996. The van der Waals surface area contributed by atoms with E-state index in [0.29, 0.717) is 3.97 Å². The van der Waals surface area contributed by atoms with E-state index >= 15 is 0 Å². The van der Waals surface area contributed by atoms with Crippen LogP contribution in [0.5, 0.6) is 0 Å². The summed E-state index contributed by atoms with van der Waals surface area (Å²) in [7, 11) is 0. The zero-order valence-corrected chi connectivity index (χ0v) is 9.79. The standard InChI is InChI=1S/C10H12OTe/c1-7(11)9-3-5-10(6-4-9)8(2)12/h3-6,8,12H,1-2H3. The maximum atomic E-state index is 10.9. The van der Waals surface area contributed by atoms with Crippen LogP contribution in [0.1, 0.15) is 33.7 Å². The fraction of sp³-hybridized carbons (Fsp3) is 0.300. The van der Waals surface area contributed by atoms with E-state index < -0.39 is 0 Å². The molecule has 0 aliphatic rings. The van der Waals surface area contributed by atoms with Crippen molar-refractivity contribution >= 4 is 28.1 Å². The molecule has 0 bridgehead atoms. The number of ketones is 1. The number of carbonyl (C=O) groups is 1. The number of carbonyl (C=O) groups excluding carboxylic acids is 1. The van der Waals surface area contributed by atoms with Crippen LogP contribution in [-0.4, -0.2) is 28.1 Å². The third-order valence-corrected chi connectivity index (χ3v) is 2.65. The van der Waals surface area contributed by atoms with Gasteiger partial charge in [-0.15, -0.1) is 0 Å². The third-order valence-electron chi connectivity index (χ3n) is 1.80. The van der Waals surface area contributed by atoms with E-state index in [1.54, 1.807) is 29.2 Å². The molecule has 0 N–H and O–H groups in total. The van der Waals surface area contributed by atoms with Gasteiger partial charge >= 0.3 is 86.1 Å². The van der Waals surface area contributed by atoms with Crippen LogP contribution in [0.25, 0.3) is 0 Å². The number of hydrogen-bond acceptors (Lipinski definition) is 1. The Morgan fingerprint density at radius 2 is 1.83 bits per heavy atom. The second kappa shape index (κ2) is 4.07. The second-order valence-electron chi connectivity index (χ2n) is 2.85. The first kappa shape index (κ1) is 9.77. The van der Waals surface area contributed by atoms with Gasteiger partial charge in [0.25, 0.3) is 0 Å². The molecule has 12 heavy (non-hydrogen) atoms. The predicted octanol–water partition coefficient (Wildman–Crippen LogP) is 1.85. The average molecular weight is 276 g/mol. The Hall–Kier alpha value is -0.320. The van der Waals surface area contributed by atoms with Crippen molar-refractivity contribution in [2.45, 2.75) is 17.8 Å². The van der Waals surface area contributed by atoms with Gasteiger partial charge in [0, 0.05) is 0 Å². The van der Waals surface area contributed by atoms with Gasteiger partial charge in [0.2, 0.25) is 0 Å². The zero-order chi connectivity index (χ0) is 9.14. The molecule has 1 nitrogen and oxygen atoms in total. The van der Waals surface area contributed by atoms with E-state index in [0.717, 1.165) is 5.56 Å². The SMILES string of the molecule is CC(=O)c1ccc(C(C)[TeH])cc1. The quantitative estimate of drug-likeness (QED) is 0.595. The van der Waals surface area contributed by atoms with Crippen molar-refractivity contribution in [3.8, 4) is 0 Å². The van der Waals surface area contributed by atoms with Crippen LogP contribution in [0.4, 0.5) is 0 Å². The molecule has 1 atom stereocenters. The van der Waals surface area contributed by atoms with Crippen molar-refractivity contribution in [2.75, 3.05) is 0 Å². The van der Waals surface area contributed by atoms with E-state index in [2.05, 4.69) is 6.92 Å². The van der Waals surface area contributed by atoms with Crippen LogP contribution in [0.2, 0.25) is 0 Å². The van der Waals surface area contributed by atoms with Gasteiger partial charge in [0.1, 0.15) is 0 Å². The molecule has 2 heteroatoms. The number of rotatable bonds is 2. The van der Waals surface area contributed by atoms with Crippen LogP contribution >= 0.6 is 0 Å². The molecule has 0 heterocycles. The molecule has 0 saturated carbocycles. The first-order chi connectivity index (χ1) is 5.61. The summed E-state index contributed by atoms with van der Waals surface area (Å²) < 4.78 is 0.583. The topological polar surface area (TPSA) is 17.1 Å². The first-order valence-electron chi connectivity index (χ1n) is 3.90. The van der Waals surface area contributed by atoms with E-state index in [4.69, 9.17) is 0 Å². The summed E-state index contributed by atoms with van der Waals surface area (Å²) in [5, 5.41) is 0. The van der Waals surface area contributed by atoms with Gasteiger partial charge in [-0.05, 0) is 0 Å². The molecule has 64 valence electrons. The summed E-state index contributed by atoms with van der Waals surface area (Å²) >= 11 is 1.79. The molecule has 0 aliphatic carbocycles. The van der Waals surface area contributed by atoms with E-state index in [9.17, 15) is 4.79 Å². The van der Waals surface area contributed by atoms with E-state index in [1.165, 1.54) is 5.56 Å². The molecule has 1 rings (SSSR count). The fourth-order valence-corrected chi connectivity index (χ4v) is 1.49. The van der Waals surface area contributed by atoms with Crippen LogP contribution in [-0.2, 0) is 0 Å². The van der Waals surface area contributed by atoms with Crippen molar-refractivity contribution in [3.63, 3.8) is 0 Å². The molecule has 1 aromatic rings. The minimum atomic E-state index is 0.134. The third kappa shape index (κ3) is 2.33. The molecule has 0 spiro atoms. The molecule has 1 unspecified atom stereocenters. The number of Topliss-reactive ketones (excluding diaryl/α,β-unsaturated/α-hetero) is 1. The van der Waals surface area contributed by atoms with Gasteiger partial charge in [0.15, 0.2) is 0 Å². The number of hydrogen-bond donors (Lipinski definition) is 0. The summed E-state index contributed by atoms with van der Waals surface area (Å²) in [4.78, 5) is 10.9. The van der Waals surface area contributed by atoms with Gasteiger partial charge < -0.3 is 0 Å². The molecule has 0 aromatic heterocycles. The predicted molar refractivity (Wildman–Crippen MR) is 52.0 cm³/mol. The van der Waals surface area contributed by atoms with Crippen molar-refractivity contribution in [2.24, 2.45) is 0 Å². The van der Waals surface area contributed by atoms with Gasteiger partial charge in [0.05, 0.1) is 0 Å². The van der Waals surface area contributed by atoms with Gasteiger partial charge in [-0.3, -0.25) is 0 Å². The zero-order valence-electron chi connectivity index (χ0n) is 7.24. The first-order valence-corrected chi connectivity index (χ1v) is 5.37. The van der Waals surface area contributed by atoms with Gasteiger partial charge in [-0.2, -0.15) is 0 Å². The maximum absolute atomic E-state index is 10.9. The summed E-state index contributed by atoms with van der Waals surface area (Å²) in [5.41, 5.74) is 2.10. The Morgan fingerprint density at radius 1 is 1.33 bits per heavy atom. The molecule has 0 radical (unpaired) electrons. The van der Waals surface area contributed by atoms with Crippen molar-refractivity contribution in [1.82, 2.24) is 0 Å². The second-order valence-corrected chi connectivity index (χ2v) is 5.06. The molecule has 0 fully saturated rings. The molecule has 1 aromatic carbocycles. The molecular formula is C10H12OTe. The van der Waals surface area contributed by atoms with Crippen molar-refractivity contribution < 1.29 is 4.79 Å². The minimum absolute atomic E-state index is 0.134. The summed E-state index contributed by atoms with van der Waals surface area (Å²) in [5.74, 6) is 0.134. The van der Waals surface area contributed by atoms with Crippen LogP contribution in [0, 0.1) is 0 Å². The Kier molecular flexibility index (Phi) is 3.31. The Labute approximate surface area is 86.1 Å². The average Bonchev–Trinajstić information content (AvgIpc) is 2.04. The molecular weight excluding hydrogens is 264 g/mol.